The van der Waals surface area contributed by atoms with Crippen molar-refractivity contribution in [1.82, 2.24) is 5.32 Å². The van der Waals surface area contributed by atoms with Gasteiger partial charge in [-0.1, -0.05) is 117 Å². The van der Waals surface area contributed by atoms with Crippen LogP contribution < -0.4 is 11.1 Å². The predicted octanol–water partition coefficient (Wildman–Crippen LogP) is 6.47. The molecule has 3 unspecified atom stereocenters. The predicted molar refractivity (Wildman–Crippen MR) is 191 cm³/mol. The zero-order chi connectivity index (χ0) is 36.2. The van der Waals surface area contributed by atoms with Gasteiger partial charge in [0.1, 0.15) is 0 Å². The molecular weight excluding hydrogens is 661 g/mol. The fourth-order valence-electron chi connectivity index (χ4n) is 5.81. The SMILES string of the molecule is CCCCCCCCCC[C@@H](C(=O)O)C(C)CC(C(=O)O)C(CCCCCCCCC)SC[C@H](N)C(=O)NCCOCCOS(=O)(=O)O. The van der Waals surface area contributed by atoms with E-state index in [-0.39, 0.29) is 49.7 Å². The third-order valence-corrected chi connectivity index (χ3v) is 10.7. The van der Waals surface area contributed by atoms with Crippen LogP contribution in [0.25, 0.3) is 0 Å². The fraction of sp³-hybridized carbons (Fsp3) is 0.912. The van der Waals surface area contributed by atoms with Gasteiger partial charge >= 0.3 is 22.3 Å². The Labute approximate surface area is 294 Å². The van der Waals surface area contributed by atoms with E-state index in [4.69, 9.17) is 15.0 Å². The molecule has 0 aromatic heterocycles. The summed E-state index contributed by atoms with van der Waals surface area (Å²) in [6.45, 7) is 5.94. The summed E-state index contributed by atoms with van der Waals surface area (Å²) in [4.78, 5) is 37.5. The van der Waals surface area contributed by atoms with Crippen LogP contribution in [0.4, 0.5) is 0 Å². The summed E-state index contributed by atoms with van der Waals surface area (Å²) in [5, 5.41) is 22.7. The summed E-state index contributed by atoms with van der Waals surface area (Å²) in [5.74, 6) is -3.73. The number of thioether (sulfide) groups is 1. The second-order valence-corrected chi connectivity index (χ2v) is 15.3. The number of aliphatic carboxylic acids is 2. The summed E-state index contributed by atoms with van der Waals surface area (Å²) in [6, 6.07) is -0.894. The molecule has 6 N–H and O–H groups in total. The molecule has 0 rings (SSSR count). The number of carbonyl (C=O) groups excluding carboxylic acids is 1. The number of nitrogens with two attached hydrogens (primary N) is 1. The normalized spacial score (nSPS) is 15.0. The Hall–Kier alpha value is -1.45. The van der Waals surface area contributed by atoms with E-state index < -0.39 is 46.1 Å². The quantitative estimate of drug-likeness (QED) is 0.0358. The van der Waals surface area contributed by atoms with Gasteiger partial charge in [-0.05, 0) is 25.2 Å². The number of ether oxygens (including phenoxy) is 1. The summed E-state index contributed by atoms with van der Waals surface area (Å²) < 4.78 is 38.9. The second-order valence-electron chi connectivity index (χ2n) is 12.9. The van der Waals surface area contributed by atoms with Crippen LogP contribution in [0.15, 0.2) is 0 Å². The zero-order valence-electron chi connectivity index (χ0n) is 29.7. The number of hydrogen-bond donors (Lipinski definition) is 5. The van der Waals surface area contributed by atoms with Crippen LogP contribution in [-0.4, -0.2) is 84.4 Å². The molecule has 0 heterocycles. The van der Waals surface area contributed by atoms with Crippen LogP contribution in [0.5, 0.6) is 0 Å². The van der Waals surface area contributed by atoms with Gasteiger partial charge in [-0.2, -0.15) is 20.2 Å². The molecule has 48 heavy (non-hydrogen) atoms. The molecule has 0 saturated heterocycles. The minimum absolute atomic E-state index is 0.0734. The Balaban J connectivity index is 5.16. The van der Waals surface area contributed by atoms with Crippen LogP contribution in [0.2, 0.25) is 0 Å². The summed E-state index contributed by atoms with van der Waals surface area (Å²) >= 11 is 1.37. The molecule has 0 aromatic rings. The van der Waals surface area contributed by atoms with Crippen LogP contribution in [-0.2, 0) is 33.7 Å². The maximum Gasteiger partial charge on any atom is 0.397 e. The first-order valence-electron chi connectivity index (χ1n) is 18.1. The van der Waals surface area contributed by atoms with Crippen molar-refractivity contribution in [2.75, 3.05) is 32.1 Å². The van der Waals surface area contributed by atoms with E-state index in [9.17, 15) is 33.0 Å². The Morgan fingerprint density at radius 1 is 0.750 bits per heavy atom. The molecule has 0 aliphatic carbocycles. The molecule has 0 bridgehead atoms. The number of carboxylic acid groups (broad SMARTS) is 2. The molecular formula is C34H66N2O10S2. The molecule has 284 valence electrons. The molecule has 0 spiro atoms. The van der Waals surface area contributed by atoms with E-state index in [1.807, 2.05) is 6.92 Å². The topological polar surface area (TPSA) is 203 Å². The van der Waals surface area contributed by atoms with Gasteiger partial charge < -0.3 is 26.0 Å². The lowest BCUT2D eigenvalue weighted by Crippen LogP contribution is -2.44. The second kappa shape index (κ2) is 29.3. The van der Waals surface area contributed by atoms with Crippen molar-refractivity contribution in [3.05, 3.63) is 0 Å². The van der Waals surface area contributed by atoms with E-state index in [1.54, 1.807) is 0 Å². The minimum atomic E-state index is -4.54. The van der Waals surface area contributed by atoms with Crippen molar-refractivity contribution in [2.45, 2.75) is 148 Å². The molecule has 12 nitrogen and oxygen atoms in total. The van der Waals surface area contributed by atoms with Gasteiger partial charge in [0, 0.05) is 17.5 Å². The Morgan fingerprint density at radius 2 is 1.25 bits per heavy atom. The van der Waals surface area contributed by atoms with E-state index in [0.717, 1.165) is 51.4 Å². The Kier molecular flexibility index (Phi) is 28.4. The zero-order valence-corrected chi connectivity index (χ0v) is 31.4. The lowest BCUT2D eigenvalue weighted by molar-refractivity contribution is -0.147. The number of carboxylic acids is 2. The van der Waals surface area contributed by atoms with E-state index in [1.165, 1.54) is 56.7 Å². The Morgan fingerprint density at radius 3 is 1.75 bits per heavy atom. The lowest BCUT2D eigenvalue weighted by atomic mass is 9.81. The lowest BCUT2D eigenvalue weighted by Gasteiger charge is -2.29. The number of unbranched alkanes of at least 4 members (excludes halogenated alkanes) is 13. The largest absolute Gasteiger partial charge is 0.481 e. The highest BCUT2D eigenvalue weighted by molar-refractivity contribution is 8.00. The number of rotatable bonds is 34. The molecule has 0 aliphatic rings. The number of amides is 1. The van der Waals surface area contributed by atoms with Crippen molar-refractivity contribution in [3.8, 4) is 0 Å². The van der Waals surface area contributed by atoms with Gasteiger partial charge in [-0.25, -0.2) is 4.18 Å². The number of nitrogens with one attached hydrogen (secondary N) is 1. The highest BCUT2D eigenvalue weighted by atomic mass is 32.3. The van der Waals surface area contributed by atoms with E-state index >= 15 is 0 Å². The summed E-state index contributed by atoms with van der Waals surface area (Å²) in [7, 11) is -4.54. The molecule has 5 atom stereocenters. The van der Waals surface area contributed by atoms with Gasteiger partial charge in [0.05, 0.1) is 37.7 Å². The Bertz CT molecular complexity index is 954. The number of hydrogen-bond acceptors (Lipinski definition) is 9. The highest BCUT2D eigenvalue weighted by Gasteiger charge is 2.34. The van der Waals surface area contributed by atoms with Crippen molar-refractivity contribution >= 4 is 40.0 Å². The van der Waals surface area contributed by atoms with Gasteiger partial charge in [-0.15, -0.1) is 0 Å². The minimum Gasteiger partial charge on any atom is -0.481 e. The molecule has 14 heteroatoms. The molecule has 0 aliphatic heterocycles. The molecule has 1 amide bonds. The summed E-state index contributed by atoms with van der Waals surface area (Å²) in [6.07, 6.45) is 18.0. The third kappa shape index (κ3) is 25.5. The maximum atomic E-state index is 12.6. The van der Waals surface area contributed by atoms with Gasteiger partial charge in [0.25, 0.3) is 0 Å². The number of carbonyl (C=O) groups is 3. The molecule has 0 radical (unpaired) electrons. The fourth-order valence-corrected chi connectivity index (χ4v) is 7.49. The van der Waals surface area contributed by atoms with Crippen molar-refractivity contribution in [2.24, 2.45) is 23.5 Å². The molecule has 0 aromatic carbocycles. The first-order chi connectivity index (χ1) is 22.8. The van der Waals surface area contributed by atoms with Crippen molar-refractivity contribution in [3.63, 3.8) is 0 Å². The van der Waals surface area contributed by atoms with Gasteiger partial charge in [0.15, 0.2) is 0 Å². The van der Waals surface area contributed by atoms with Crippen LogP contribution in [0.1, 0.15) is 136 Å². The highest BCUT2D eigenvalue weighted by Crippen LogP contribution is 2.34. The van der Waals surface area contributed by atoms with Crippen molar-refractivity contribution < 1.29 is 46.5 Å². The standard InChI is InChI=1S/C34H66N2O10S2/c1-4-6-8-10-12-14-15-17-19-28(33(38)39)27(3)25-29(34(40)41)31(20-18-16-13-11-9-7-5-2)47-26-30(35)32(37)36-21-22-45-23-24-46-48(42,43)44/h27-31H,4-26,35H2,1-3H3,(H,36,37)(H,38,39)(H,40,41)(H,42,43,44)/t27?,28-,29?,30+,31?/m1/s1. The van der Waals surface area contributed by atoms with E-state index in [0.29, 0.717) is 12.8 Å². The monoisotopic (exact) mass is 726 g/mol. The smallest absolute Gasteiger partial charge is 0.397 e. The first kappa shape index (κ1) is 46.5. The van der Waals surface area contributed by atoms with Crippen LogP contribution in [0, 0.1) is 17.8 Å². The third-order valence-electron chi connectivity index (χ3n) is 8.69. The van der Waals surface area contributed by atoms with Crippen LogP contribution in [0.3, 0.4) is 0 Å². The van der Waals surface area contributed by atoms with Gasteiger partial charge in [0.2, 0.25) is 5.91 Å². The summed E-state index contributed by atoms with van der Waals surface area (Å²) in [5.41, 5.74) is 6.16. The average Bonchev–Trinajstić information content (AvgIpc) is 3.02. The molecule has 0 fully saturated rings. The first-order valence-corrected chi connectivity index (χ1v) is 20.5. The van der Waals surface area contributed by atoms with Crippen LogP contribution >= 0.6 is 11.8 Å². The van der Waals surface area contributed by atoms with E-state index in [2.05, 4.69) is 23.3 Å². The van der Waals surface area contributed by atoms with Gasteiger partial charge in [-0.3, -0.25) is 18.9 Å². The van der Waals surface area contributed by atoms with Crippen molar-refractivity contribution in [1.29, 1.82) is 0 Å². The molecule has 0 saturated carbocycles. The maximum absolute atomic E-state index is 12.6. The average molecular weight is 727 g/mol.